The van der Waals surface area contributed by atoms with Gasteiger partial charge >= 0.3 is 12.1 Å². The normalized spacial score (nSPS) is 12.2. The molecular weight excluding hydrogens is 392 g/mol. The molecule has 0 saturated carbocycles. The van der Waals surface area contributed by atoms with Crippen molar-refractivity contribution in [3.05, 3.63) is 4.80 Å². The second-order valence-electron chi connectivity index (χ2n) is 6.20. The number of hydrogen-bond acceptors (Lipinski definition) is 7. The summed E-state index contributed by atoms with van der Waals surface area (Å²) in [6.07, 6.45) is 3.92. The lowest BCUT2D eigenvalue weighted by Gasteiger charge is -2.05. The maximum atomic E-state index is 12.5. The molecule has 0 aliphatic carbocycles. The van der Waals surface area contributed by atoms with Crippen LogP contribution in [0.4, 0.5) is 9.59 Å². The number of carbonyl (C=O) groups excluding carboxylic acids is 2. The molecule has 0 fully saturated rings. The third kappa shape index (κ3) is 7.41. The Morgan fingerprint density at radius 1 is 1.15 bits per heavy atom. The third-order valence-electron chi connectivity index (χ3n) is 3.54. The van der Waals surface area contributed by atoms with Gasteiger partial charge in [-0.1, -0.05) is 50.9 Å². The molecule has 0 saturated heterocycles. The van der Waals surface area contributed by atoms with E-state index in [9.17, 15) is 18.0 Å². The summed E-state index contributed by atoms with van der Waals surface area (Å²) in [5.74, 6) is -0.0630. The van der Waals surface area contributed by atoms with E-state index in [1.807, 2.05) is 13.8 Å². The van der Waals surface area contributed by atoms with Crippen LogP contribution in [0, 0.1) is 0 Å². The van der Waals surface area contributed by atoms with Crippen molar-refractivity contribution in [3.63, 3.8) is 0 Å². The van der Waals surface area contributed by atoms with E-state index < -0.39 is 22.0 Å². The second-order valence-corrected chi connectivity index (χ2v) is 9.44. The van der Waals surface area contributed by atoms with Gasteiger partial charge in [-0.15, -0.1) is 9.78 Å². The van der Waals surface area contributed by atoms with Gasteiger partial charge in [0.25, 0.3) is 0 Å². The molecule has 0 bridgehead atoms. The smallest absolute Gasteiger partial charge is 0.437 e. The molecule has 1 aromatic heterocycles. The van der Waals surface area contributed by atoms with Crippen LogP contribution in [0.5, 0.6) is 0 Å². The average molecular weight is 421 g/mol. The second kappa shape index (κ2) is 11.2. The quantitative estimate of drug-likeness (QED) is 0.568. The van der Waals surface area contributed by atoms with Gasteiger partial charge in [0.2, 0.25) is 19.0 Å². The van der Waals surface area contributed by atoms with Gasteiger partial charge in [0, 0.05) is 14.1 Å². The Kier molecular flexibility index (Phi) is 9.64. The molecule has 1 aromatic rings. The van der Waals surface area contributed by atoms with E-state index >= 15 is 0 Å². The molecule has 0 spiro atoms. The summed E-state index contributed by atoms with van der Waals surface area (Å²) in [4.78, 5) is 29.0. The molecule has 0 aliphatic rings. The van der Waals surface area contributed by atoms with E-state index in [0.29, 0.717) is 24.2 Å². The van der Waals surface area contributed by atoms with Crippen LogP contribution in [-0.4, -0.2) is 61.7 Å². The van der Waals surface area contributed by atoms with Crippen LogP contribution < -0.4 is 4.80 Å². The molecule has 1 heterocycles. The summed E-state index contributed by atoms with van der Waals surface area (Å²) >= 11 is 0.692. The van der Waals surface area contributed by atoms with E-state index in [-0.39, 0.29) is 21.5 Å². The predicted octanol–water partition coefficient (Wildman–Crippen LogP) is 2.67. The van der Waals surface area contributed by atoms with Gasteiger partial charge < -0.3 is 9.64 Å². The van der Waals surface area contributed by atoms with Gasteiger partial charge in [-0.05, 0) is 12.8 Å². The van der Waals surface area contributed by atoms with Crippen molar-refractivity contribution in [3.8, 4) is 0 Å². The van der Waals surface area contributed by atoms with Crippen molar-refractivity contribution < 1.29 is 22.7 Å². The molecule has 1 rings (SSSR count). The maximum Gasteiger partial charge on any atom is 0.437 e. The summed E-state index contributed by atoms with van der Waals surface area (Å²) in [6.45, 7) is 4.17. The number of nitrogens with zero attached hydrogens (tertiary/aromatic N) is 4. The number of amides is 2. The molecule has 0 aromatic carbocycles. The van der Waals surface area contributed by atoms with E-state index in [4.69, 9.17) is 4.74 Å². The highest BCUT2D eigenvalue weighted by atomic mass is 32.2. The van der Waals surface area contributed by atoms with Crippen molar-refractivity contribution in [2.24, 2.45) is 4.99 Å². The van der Waals surface area contributed by atoms with Crippen LogP contribution in [0.15, 0.2) is 9.33 Å². The van der Waals surface area contributed by atoms with Gasteiger partial charge in [0.05, 0.1) is 12.4 Å². The highest BCUT2D eigenvalue weighted by molar-refractivity contribution is 7.93. The maximum absolute atomic E-state index is 12.5. The lowest BCUT2D eigenvalue weighted by atomic mass is 10.2. The van der Waals surface area contributed by atoms with E-state index in [1.165, 1.54) is 19.0 Å². The molecule has 27 heavy (non-hydrogen) atoms. The SMILES string of the molecule is CCCCCCS(=O)(=O)c1nn(C(=O)OCCCC)c(=NC(=O)N(C)C)s1. The van der Waals surface area contributed by atoms with Crippen LogP contribution in [0.25, 0.3) is 0 Å². The number of ether oxygens (including phenoxy) is 1. The van der Waals surface area contributed by atoms with Crippen molar-refractivity contribution in [2.45, 2.75) is 56.7 Å². The summed E-state index contributed by atoms with van der Waals surface area (Å²) in [5.41, 5.74) is 0. The Bertz CT molecular complexity index is 796. The zero-order valence-electron chi connectivity index (χ0n) is 16.3. The average Bonchev–Trinajstić information content (AvgIpc) is 3.03. The van der Waals surface area contributed by atoms with Crippen LogP contribution in [0.3, 0.4) is 0 Å². The molecular formula is C16H28N4O5S2. The summed E-state index contributed by atoms with van der Waals surface area (Å²) in [6, 6.07) is -0.624. The Balaban J connectivity index is 3.17. The van der Waals surface area contributed by atoms with Gasteiger partial charge in [-0.2, -0.15) is 4.99 Å². The fraction of sp³-hybridized carbons (Fsp3) is 0.750. The Morgan fingerprint density at radius 2 is 1.81 bits per heavy atom. The first-order valence-corrected chi connectivity index (χ1v) is 11.5. The summed E-state index contributed by atoms with van der Waals surface area (Å²) in [7, 11) is -0.659. The number of urea groups is 1. The highest BCUT2D eigenvalue weighted by Gasteiger charge is 2.23. The van der Waals surface area contributed by atoms with Gasteiger partial charge in [0.15, 0.2) is 0 Å². The number of sulfone groups is 1. The van der Waals surface area contributed by atoms with Crippen molar-refractivity contribution >= 4 is 33.3 Å². The minimum Gasteiger partial charge on any atom is -0.448 e. The molecule has 0 radical (unpaired) electrons. The van der Waals surface area contributed by atoms with Crippen LogP contribution in [0.1, 0.15) is 52.4 Å². The Labute approximate surface area is 164 Å². The molecule has 2 amide bonds. The Morgan fingerprint density at radius 3 is 2.41 bits per heavy atom. The molecule has 0 atom stereocenters. The van der Waals surface area contributed by atoms with E-state index in [2.05, 4.69) is 10.1 Å². The first-order valence-electron chi connectivity index (χ1n) is 8.99. The fourth-order valence-electron chi connectivity index (χ4n) is 1.93. The van der Waals surface area contributed by atoms with Gasteiger partial charge in [-0.3, -0.25) is 0 Å². The number of aromatic nitrogens is 2. The van der Waals surface area contributed by atoms with Crippen molar-refractivity contribution in [1.82, 2.24) is 14.7 Å². The minimum atomic E-state index is -3.66. The first kappa shape index (κ1) is 23.3. The number of carbonyl (C=O) groups is 2. The molecule has 9 nitrogen and oxygen atoms in total. The van der Waals surface area contributed by atoms with Crippen molar-refractivity contribution in [2.75, 3.05) is 26.5 Å². The number of unbranched alkanes of at least 4 members (excludes halogenated alkanes) is 4. The highest BCUT2D eigenvalue weighted by Crippen LogP contribution is 2.14. The first-order chi connectivity index (χ1) is 12.7. The summed E-state index contributed by atoms with van der Waals surface area (Å²) < 4.78 is 30.6. The topological polar surface area (TPSA) is 111 Å². The molecule has 0 aliphatic heterocycles. The third-order valence-corrected chi connectivity index (χ3v) is 6.70. The van der Waals surface area contributed by atoms with E-state index in [0.717, 1.165) is 30.4 Å². The largest absolute Gasteiger partial charge is 0.448 e. The lowest BCUT2D eigenvalue weighted by Crippen LogP contribution is -2.29. The van der Waals surface area contributed by atoms with Crippen LogP contribution in [-0.2, 0) is 14.6 Å². The monoisotopic (exact) mass is 420 g/mol. The standard InChI is InChI=1S/C16H28N4O5S2/c1-5-7-9-10-12-27(23,24)15-18-20(16(22)25-11-8-6-2)14(26-15)17-13(21)19(3)4/h5-12H2,1-4H3. The minimum absolute atomic E-state index is 0.0630. The fourth-order valence-corrected chi connectivity index (χ4v) is 4.48. The zero-order chi connectivity index (χ0) is 20.4. The number of hydrogen-bond donors (Lipinski definition) is 0. The summed E-state index contributed by atoms with van der Waals surface area (Å²) in [5, 5.41) is 3.88. The number of rotatable bonds is 9. The molecule has 0 unspecified atom stereocenters. The molecule has 11 heteroatoms. The Hall–Kier alpha value is -1.75. The van der Waals surface area contributed by atoms with E-state index in [1.54, 1.807) is 0 Å². The lowest BCUT2D eigenvalue weighted by molar-refractivity contribution is 0.141. The molecule has 0 N–H and O–H groups in total. The van der Waals surface area contributed by atoms with Crippen molar-refractivity contribution in [1.29, 1.82) is 0 Å². The molecule has 154 valence electrons. The van der Waals surface area contributed by atoms with Crippen LogP contribution in [0.2, 0.25) is 0 Å². The van der Waals surface area contributed by atoms with Gasteiger partial charge in [-0.25, -0.2) is 18.0 Å². The van der Waals surface area contributed by atoms with Crippen LogP contribution >= 0.6 is 11.3 Å². The van der Waals surface area contributed by atoms with Gasteiger partial charge in [0.1, 0.15) is 0 Å². The zero-order valence-corrected chi connectivity index (χ0v) is 17.9. The predicted molar refractivity (Wildman–Crippen MR) is 103 cm³/mol.